The minimum absolute atomic E-state index is 0. The van der Waals surface area contributed by atoms with Crippen LogP contribution in [0.15, 0.2) is 0 Å². The Labute approximate surface area is 103 Å². The van der Waals surface area contributed by atoms with Crippen LogP contribution in [0.25, 0.3) is 0 Å². The number of carbonyl (C=O) groups is 1. The van der Waals surface area contributed by atoms with E-state index in [1.165, 1.54) is 6.92 Å². The monoisotopic (exact) mass is 214 g/mol. The van der Waals surface area contributed by atoms with E-state index in [1.807, 2.05) is 0 Å². The van der Waals surface area contributed by atoms with Crippen LogP contribution in [0.2, 0.25) is 0 Å². The van der Waals surface area contributed by atoms with E-state index >= 15 is 0 Å². The van der Waals surface area contributed by atoms with Crippen LogP contribution < -0.4 is 34.7 Å². The summed E-state index contributed by atoms with van der Waals surface area (Å²) in [5, 5.41) is 37.9. The molecule has 3 N–H and O–H groups in total. The second-order valence-electron chi connectivity index (χ2n) is 3.11. The molecule has 14 heavy (non-hydrogen) atoms. The molecule has 1 fully saturated rings. The molecule has 0 aliphatic carbocycles. The summed E-state index contributed by atoms with van der Waals surface area (Å²) >= 11 is 0. The topological polar surface area (TPSA) is 110 Å². The summed E-state index contributed by atoms with van der Waals surface area (Å²) in [4.78, 5) is 10.3. The van der Waals surface area contributed by atoms with Crippen molar-refractivity contribution in [3.63, 3.8) is 0 Å². The molecule has 7 heteroatoms. The van der Waals surface area contributed by atoms with Crippen LogP contribution in [0, 0.1) is 5.92 Å². The smallest absolute Gasteiger partial charge is 0.547 e. The van der Waals surface area contributed by atoms with Gasteiger partial charge in [-0.3, -0.25) is 0 Å². The molecule has 1 rings (SSSR count). The van der Waals surface area contributed by atoms with E-state index in [4.69, 9.17) is 5.11 Å². The van der Waals surface area contributed by atoms with Crippen LogP contribution >= 0.6 is 0 Å². The quantitative estimate of drug-likeness (QED) is 0.375. The van der Waals surface area contributed by atoms with Crippen molar-refractivity contribution < 1.29 is 59.5 Å². The molecule has 0 radical (unpaired) electrons. The van der Waals surface area contributed by atoms with E-state index in [2.05, 4.69) is 4.74 Å². The van der Waals surface area contributed by atoms with Crippen LogP contribution in [0.5, 0.6) is 0 Å². The fourth-order valence-corrected chi connectivity index (χ4v) is 1.21. The van der Waals surface area contributed by atoms with Gasteiger partial charge in [0.15, 0.2) is 6.29 Å². The van der Waals surface area contributed by atoms with Gasteiger partial charge in [0, 0.05) is 5.92 Å². The molecule has 1 saturated heterocycles. The van der Waals surface area contributed by atoms with Gasteiger partial charge >= 0.3 is 29.6 Å². The normalized spacial score (nSPS) is 42.7. The molecule has 1 aliphatic rings. The first-order valence-corrected chi connectivity index (χ1v) is 3.85. The number of ether oxygens (including phenoxy) is 1. The van der Waals surface area contributed by atoms with Crippen molar-refractivity contribution in [2.75, 3.05) is 0 Å². The molecule has 76 valence electrons. The maximum absolute atomic E-state index is 10.3. The zero-order valence-corrected chi connectivity index (χ0v) is 9.95. The van der Waals surface area contributed by atoms with Crippen molar-refractivity contribution in [2.45, 2.75) is 31.5 Å². The molecule has 0 aromatic rings. The van der Waals surface area contributed by atoms with Crippen molar-refractivity contribution in [2.24, 2.45) is 5.92 Å². The van der Waals surface area contributed by atoms with Gasteiger partial charge < -0.3 is 30.0 Å². The first-order chi connectivity index (χ1) is 5.95. The van der Waals surface area contributed by atoms with Crippen molar-refractivity contribution in [3.05, 3.63) is 0 Å². The molecule has 0 bridgehead atoms. The number of rotatable bonds is 1. The average Bonchev–Trinajstić information content (AvgIpc) is 2.07. The van der Waals surface area contributed by atoms with Crippen LogP contribution in [0.4, 0.5) is 0 Å². The van der Waals surface area contributed by atoms with Gasteiger partial charge in [-0.25, -0.2) is 0 Å². The van der Waals surface area contributed by atoms with E-state index in [-0.39, 0.29) is 29.6 Å². The predicted molar refractivity (Wildman–Crippen MR) is 37.1 cm³/mol. The standard InChI is InChI=1S/C7H12O6.Na/c1-2-3(8)4(9)5(6(10)11)13-7(2)12;/h2-5,7-9,12H,1H3,(H,10,11);/q;+1/p-1/t2?,3-,4-,5?,7?;/m1./s1. The number of carboxylic acid groups (broad SMARTS) is 1. The summed E-state index contributed by atoms with van der Waals surface area (Å²) in [6.07, 6.45) is -5.97. The Morgan fingerprint density at radius 3 is 2.21 bits per heavy atom. The van der Waals surface area contributed by atoms with Crippen molar-refractivity contribution in [1.82, 2.24) is 0 Å². The molecular formula is C7H11NaO6. The Morgan fingerprint density at radius 1 is 1.29 bits per heavy atom. The Morgan fingerprint density at radius 2 is 1.79 bits per heavy atom. The molecule has 1 aliphatic heterocycles. The van der Waals surface area contributed by atoms with E-state index in [1.54, 1.807) is 0 Å². The van der Waals surface area contributed by atoms with E-state index in [0.29, 0.717) is 0 Å². The van der Waals surface area contributed by atoms with Crippen molar-refractivity contribution in [1.29, 1.82) is 0 Å². The Balaban J connectivity index is 0.00000169. The predicted octanol–water partition coefficient (Wildman–Crippen LogP) is -6.18. The maximum atomic E-state index is 10.3. The molecule has 6 nitrogen and oxygen atoms in total. The van der Waals surface area contributed by atoms with E-state index in [9.17, 15) is 20.1 Å². The summed E-state index contributed by atoms with van der Waals surface area (Å²) < 4.78 is 4.53. The molecule has 1 heterocycles. The summed E-state index contributed by atoms with van der Waals surface area (Å²) in [5.74, 6) is -2.39. The number of hydrogen-bond donors (Lipinski definition) is 3. The summed E-state index contributed by atoms with van der Waals surface area (Å²) in [5.41, 5.74) is 0. The minimum Gasteiger partial charge on any atom is -0.547 e. The minimum atomic E-state index is -1.68. The Kier molecular flexibility index (Phi) is 5.53. The zero-order valence-electron chi connectivity index (χ0n) is 7.95. The number of carboxylic acids is 1. The van der Waals surface area contributed by atoms with E-state index in [0.717, 1.165) is 0 Å². The average molecular weight is 214 g/mol. The second kappa shape index (κ2) is 5.41. The molecule has 0 saturated carbocycles. The molecule has 0 spiro atoms. The van der Waals surface area contributed by atoms with Crippen molar-refractivity contribution >= 4 is 5.97 Å². The third-order valence-corrected chi connectivity index (χ3v) is 2.17. The van der Waals surface area contributed by atoms with Gasteiger partial charge in [-0.05, 0) is 0 Å². The molecule has 3 unspecified atom stereocenters. The summed E-state index contributed by atoms with van der Waals surface area (Å²) in [7, 11) is 0. The summed E-state index contributed by atoms with van der Waals surface area (Å²) in [6, 6.07) is 0. The van der Waals surface area contributed by atoms with Crippen LogP contribution in [-0.2, 0) is 9.53 Å². The number of carbonyl (C=O) groups excluding carboxylic acids is 1. The molecular weight excluding hydrogens is 203 g/mol. The zero-order chi connectivity index (χ0) is 10.2. The number of hydrogen-bond acceptors (Lipinski definition) is 6. The molecule has 0 aromatic heterocycles. The van der Waals surface area contributed by atoms with Crippen LogP contribution in [0.3, 0.4) is 0 Å². The van der Waals surface area contributed by atoms with Crippen LogP contribution in [-0.4, -0.2) is 45.9 Å². The van der Waals surface area contributed by atoms with Gasteiger partial charge in [0.25, 0.3) is 0 Å². The molecule has 5 atom stereocenters. The van der Waals surface area contributed by atoms with Gasteiger partial charge in [0.05, 0.1) is 12.1 Å². The maximum Gasteiger partial charge on any atom is 1.00 e. The van der Waals surface area contributed by atoms with Crippen molar-refractivity contribution in [3.8, 4) is 0 Å². The Hall–Kier alpha value is 0.310. The number of aliphatic hydroxyl groups is 3. The largest absolute Gasteiger partial charge is 1.00 e. The fraction of sp³-hybridized carbons (Fsp3) is 0.857. The third-order valence-electron chi connectivity index (χ3n) is 2.17. The van der Waals surface area contributed by atoms with Gasteiger partial charge in [-0.15, -0.1) is 0 Å². The van der Waals surface area contributed by atoms with E-state index < -0.39 is 36.5 Å². The second-order valence-corrected chi connectivity index (χ2v) is 3.11. The number of aliphatic hydroxyl groups excluding tert-OH is 3. The third kappa shape index (κ3) is 2.66. The van der Waals surface area contributed by atoms with Gasteiger partial charge in [-0.2, -0.15) is 0 Å². The first-order valence-electron chi connectivity index (χ1n) is 3.85. The molecule has 0 aromatic carbocycles. The van der Waals surface area contributed by atoms with Gasteiger partial charge in [0.2, 0.25) is 0 Å². The molecule has 0 amide bonds. The van der Waals surface area contributed by atoms with Crippen LogP contribution in [0.1, 0.15) is 6.92 Å². The fourth-order valence-electron chi connectivity index (χ4n) is 1.21. The number of aliphatic carboxylic acids is 1. The summed E-state index contributed by atoms with van der Waals surface area (Å²) in [6.45, 7) is 1.43. The Bertz CT molecular complexity index is 210. The first kappa shape index (κ1) is 14.3. The SMILES string of the molecule is CC1C(O)OC(C(=O)[O-])[C@H](O)[C@@H]1O.[Na+]. The van der Waals surface area contributed by atoms with Gasteiger partial charge in [0.1, 0.15) is 12.2 Å². The van der Waals surface area contributed by atoms with Gasteiger partial charge in [-0.1, -0.05) is 6.92 Å².